The van der Waals surface area contributed by atoms with Crippen LogP contribution in [0.1, 0.15) is 46.0 Å². The maximum absolute atomic E-state index is 12.9. The average molecular weight is 587 g/mol. The first kappa shape index (κ1) is 34.7. The van der Waals surface area contributed by atoms with Crippen molar-refractivity contribution in [3.8, 4) is 0 Å². The Balaban J connectivity index is 2.82. The minimum Gasteiger partial charge on any atom is -0.480 e. The van der Waals surface area contributed by atoms with Crippen LogP contribution in [0, 0.1) is 0 Å². The first-order valence-electron chi connectivity index (χ1n) is 12.8. The van der Waals surface area contributed by atoms with Crippen LogP contribution in [0.3, 0.4) is 0 Å². The second-order valence-corrected chi connectivity index (χ2v) is 9.60. The molecule has 0 spiro atoms. The Bertz CT molecular complexity index is 1040. The van der Waals surface area contributed by atoms with Crippen molar-refractivity contribution in [2.45, 2.75) is 82.3 Å². The number of amides is 7. The van der Waals surface area contributed by atoms with Crippen molar-refractivity contribution in [2.24, 2.45) is 17.2 Å². The fraction of sp³-hybridized carbons (Fsp3) is 0.652. The smallest absolute Gasteiger partial charge is 0.326 e. The minimum absolute atomic E-state index is 0.0746. The monoisotopic (exact) mass is 586 g/mol. The summed E-state index contributed by atoms with van der Waals surface area (Å²) >= 11 is 0. The average Bonchev–Trinajstić information content (AvgIpc) is 3.38. The van der Waals surface area contributed by atoms with Crippen LogP contribution in [-0.4, -0.2) is 112 Å². The Hall–Kier alpha value is -4.32. The molecule has 1 aliphatic heterocycles. The van der Waals surface area contributed by atoms with E-state index < -0.39 is 96.6 Å². The van der Waals surface area contributed by atoms with Crippen molar-refractivity contribution >= 4 is 47.3 Å². The van der Waals surface area contributed by atoms with E-state index >= 15 is 0 Å². The highest BCUT2D eigenvalue weighted by Crippen LogP contribution is 2.17. The van der Waals surface area contributed by atoms with Crippen molar-refractivity contribution in [3.63, 3.8) is 0 Å². The molecule has 230 valence electrons. The van der Waals surface area contributed by atoms with Gasteiger partial charge in [0.2, 0.25) is 41.4 Å². The van der Waals surface area contributed by atoms with Crippen molar-refractivity contribution in [3.05, 3.63) is 0 Å². The zero-order valence-corrected chi connectivity index (χ0v) is 22.8. The maximum atomic E-state index is 12.9. The lowest BCUT2D eigenvalue weighted by atomic mass is 10.1. The number of rotatable bonds is 16. The SMILES string of the molecule is C[C@H](NC(=O)[C@@H](N)CCC(N)=O)C(=O)N[C@@H](CC(N)=O)C(=O)N[C@H](C(=O)NCC(=O)N1CCC[C@H]1C(=O)O)[C@@H](C)O. The minimum atomic E-state index is -1.64. The summed E-state index contributed by atoms with van der Waals surface area (Å²) in [4.78, 5) is 97.5. The van der Waals surface area contributed by atoms with Crippen LogP contribution in [0.4, 0.5) is 0 Å². The van der Waals surface area contributed by atoms with Gasteiger partial charge in [0.1, 0.15) is 24.2 Å². The number of primary amides is 2. The molecule has 0 saturated carbocycles. The summed E-state index contributed by atoms with van der Waals surface area (Å²) in [7, 11) is 0. The number of nitrogens with zero attached hydrogens (tertiary/aromatic N) is 1. The fourth-order valence-electron chi connectivity index (χ4n) is 3.88. The molecule has 1 rings (SSSR count). The summed E-state index contributed by atoms with van der Waals surface area (Å²) in [5, 5.41) is 28.2. The highest BCUT2D eigenvalue weighted by molar-refractivity contribution is 5.97. The largest absolute Gasteiger partial charge is 0.480 e. The van der Waals surface area contributed by atoms with Gasteiger partial charge in [-0.15, -0.1) is 0 Å². The van der Waals surface area contributed by atoms with Crippen LogP contribution in [0.15, 0.2) is 0 Å². The summed E-state index contributed by atoms with van der Waals surface area (Å²) in [5.41, 5.74) is 15.8. The van der Waals surface area contributed by atoms with Crippen LogP contribution >= 0.6 is 0 Å². The lowest BCUT2D eigenvalue weighted by Crippen LogP contribution is -2.60. The highest BCUT2D eigenvalue weighted by atomic mass is 16.4. The van der Waals surface area contributed by atoms with Crippen molar-refractivity contribution in [2.75, 3.05) is 13.1 Å². The zero-order chi connectivity index (χ0) is 31.4. The molecule has 0 aromatic carbocycles. The summed E-state index contributed by atoms with van der Waals surface area (Å²) in [6.45, 7) is 2.00. The standard InChI is InChI=1S/C23H38N8O10/c1-10(28-20(37)12(24)5-6-15(25)33)19(36)29-13(8-16(26)34)21(38)30-18(11(2)32)22(39)27-9-17(35)31-7-3-4-14(31)23(40)41/h10-14,18,32H,3-9,24H2,1-2H3,(H2,25,33)(H2,26,34)(H,27,39)(H,28,37)(H,29,36)(H,30,38)(H,40,41)/t10-,11+,12-,13-,14-,18-/m0/s1. The highest BCUT2D eigenvalue weighted by Gasteiger charge is 2.35. The molecule has 18 nitrogen and oxygen atoms in total. The second kappa shape index (κ2) is 16.1. The molecule has 0 unspecified atom stereocenters. The van der Waals surface area contributed by atoms with Crippen LogP contribution < -0.4 is 38.5 Å². The molecule has 1 fully saturated rings. The van der Waals surface area contributed by atoms with E-state index in [0.29, 0.717) is 6.42 Å². The number of aliphatic hydroxyl groups excluding tert-OH is 1. The van der Waals surface area contributed by atoms with Crippen molar-refractivity contribution in [1.82, 2.24) is 26.2 Å². The fourth-order valence-corrected chi connectivity index (χ4v) is 3.88. The molecular formula is C23H38N8O10. The Morgan fingerprint density at radius 1 is 0.902 bits per heavy atom. The third kappa shape index (κ3) is 11.4. The van der Waals surface area contributed by atoms with Gasteiger partial charge in [-0.1, -0.05) is 0 Å². The first-order chi connectivity index (χ1) is 19.0. The van der Waals surface area contributed by atoms with E-state index in [-0.39, 0.29) is 25.8 Å². The van der Waals surface area contributed by atoms with Gasteiger partial charge in [0, 0.05) is 13.0 Å². The van der Waals surface area contributed by atoms with Gasteiger partial charge in [0.25, 0.3) is 0 Å². The molecule has 12 N–H and O–H groups in total. The maximum Gasteiger partial charge on any atom is 0.326 e. The number of aliphatic hydroxyl groups is 1. The van der Waals surface area contributed by atoms with Gasteiger partial charge in [0.15, 0.2) is 0 Å². The molecule has 7 amide bonds. The third-order valence-electron chi connectivity index (χ3n) is 6.16. The molecular weight excluding hydrogens is 548 g/mol. The molecule has 0 aromatic heterocycles. The quantitative estimate of drug-likeness (QED) is 0.0821. The topological polar surface area (TPSA) is 306 Å². The molecule has 1 heterocycles. The number of carboxylic acids is 1. The molecule has 0 bridgehead atoms. The lowest BCUT2D eigenvalue weighted by molar-refractivity contribution is -0.148. The molecule has 18 heteroatoms. The normalized spacial score (nSPS) is 18.1. The van der Waals surface area contributed by atoms with Gasteiger partial charge in [-0.25, -0.2) is 4.79 Å². The van der Waals surface area contributed by atoms with Gasteiger partial charge in [-0.3, -0.25) is 33.6 Å². The Labute approximate surface area is 235 Å². The van der Waals surface area contributed by atoms with E-state index in [1.54, 1.807) is 0 Å². The molecule has 1 aliphatic rings. The van der Waals surface area contributed by atoms with E-state index in [1.807, 2.05) is 0 Å². The number of nitrogens with one attached hydrogen (secondary N) is 4. The molecule has 0 aromatic rings. The predicted octanol–water partition coefficient (Wildman–Crippen LogP) is -5.50. The van der Waals surface area contributed by atoms with Crippen molar-refractivity contribution in [1.29, 1.82) is 0 Å². The molecule has 6 atom stereocenters. The molecule has 0 radical (unpaired) electrons. The molecule has 1 saturated heterocycles. The number of aliphatic carboxylic acids is 1. The number of carbonyl (C=O) groups excluding carboxylic acids is 7. The van der Waals surface area contributed by atoms with E-state index in [4.69, 9.17) is 17.2 Å². The van der Waals surface area contributed by atoms with Crippen LogP contribution in [0.5, 0.6) is 0 Å². The van der Waals surface area contributed by atoms with Gasteiger partial charge < -0.3 is 53.6 Å². The van der Waals surface area contributed by atoms with E-state index in [0.717, 1.165) is 11.8 Å². The van der Waals surface area contributed by atoms with Crippen LogP contribution in [0.25, 0.3) is 0 Å². The summed E-state index contributed by atoms with van der Waals surface area (Å²) in [5.74, 6) is -7.33. The summed E-state index contributed by atoms with van der Waals surface area (Å²) in [6, 6.07) is -6.70. The van der Waals surface area contributed by atoms with Crippen LogP contribution in [0.2, 0.25) is 0 Å². The predicted molar refractivity (Wildman–Crippen MR) is 139 cm³/mol. The number of carbonyl (C=O) groups is 8. The summed E-state index contributed by atoms with van der Waals surface area (Å²) in [6.07, 6.45) is -1.72. The first-order valence-corrected chi connectivity index (χ1v) is 12.8. The van der Waals surface area contributed by atoms with Gasteiger partial charge in [0.05, 0.1) is 25.1 Å². The summed E-state index contributed by atoms with van der Waals surface area (Å²) < 4.78 is 0. The van der Waals surface area contributed by atoms with Crippen molar-refractivity contribution < 1.29 is 48.6 Å². The van der Waals surface area contributed by atoms with Gasteiger partial charge in [-0.05, 0) is 33.1 Å². The third-order valence-corrected chi connectivity index (χ3v) is 6.16. The molecule has 0 aliphatic carbocycles. The van der Waals surface area contributed by atoms with E-state index in [1.165, 1.54) is 6.92 Å². The van der Waals surface area contributed by atoms with Crippen LogP contribution in [-0.2, 0) is 38.4 Å². The van der Waals surface area contributed by atoms with E-state index in [9.17, 15) is 48.6 Å². The Kier molecular flexibility index (Phi) is 13.6. The number of carboxylic acid groups (broad SMARTS) is 1. The zero-order valence-electron chi connectivity index (χ0n) is 22.8. The number of nitrogens with two attached hydrogens (primary N) is 3. The Morgan fingerprint density at radius 3 is 2.07 bits per heavy atom. The number of hydrogen-bond acceptors (Lipinski definition) is 10. The number of hydrogen-bond donors (Lipinski definition) is 9. The molecule has 41 heavy (non-hydrogen) atoms. The van der Waals surface area contributed by atoms with Gasteiger partial charge in [-0.2, -0.15) is 0 Å². The van der Waals surface area contributed by atoms with E-state index in [2.05, 4.69) is 21.3 Å². The number of likely N-dealkylation sites (tertiary alicyclic amines) is 1. The van der Waals surface area contributed by atoms with Gasteiger partial charge >= 0.3 is 5.97 Å². The Morgan fingerprint density at radius 2 is 1.54 bits per heavy atom. The lowest BCUT2D eigenvalue weighted by Gasteiger charge is -2.26. The second-order valence-electron chi connectivity index (χ2n) is 9.60.